The van der Waals surface area contributed by atoms with Gasteiger partial charge in [-0.15, -0.1) is 0 Å². The number of rotatable bonds is 6. The van der Waals surface area contributed by atoms with Crippen molar-refractivity contribution >= 4 is 12.1 Å². The number of hydrogen-bond acceptors (Lipinski definition) is 9. The number of esters is 1. The predicted octanol–water partition coefficient (Wildman–Crippen LogP) is 0.697. The molecule has 10 nitrogen and oxygen atoms in total. The average molecular weight is 405 g/mol. The van der Waals surface area contributed by atoms with E-state index in [1.807, 2.05) is 0 Å². The Labute approximate surface area is 164 Å². The van der Waals surface area contributed by atoms with Crippen LogP contribution in [0.3, 0.4) is 0 Å². The van der Waals surface area contributed by atoms with E-state index in [-0.39, 0.29) is 6.42 Å². The standard InChI is InChI=1S/C18H31NO9/c1-16(2,3)28-15(22)19-18(9-20,8-10(21)23-6)13-11(24-7)12-14(25-13)27-17(4,5)26-12/h11-14,20H,8-9H2,1-7H3,(H,19,22)/t11-,12-,13+,14-,18+/m1/s1. The lowest BCUT2D eigenvalue weighted by atomic mass is 9.85. The van der Waals surface area contributed by atoms with E-state index < -0.39 is 60.2 Å². The number of alkyl carbamates (subject to hydrolysis) is 1. The first-order valence-corrected chi connectivity index (χ1v) is 9.09. The fourth-order valence-corrected chi connectivity index (χ4v) is 3.42. The van der Waals surface area contributed by atoms with Gasteiger partial charge in [-0.3, -0.25) is 4.79 Å². The maximum Gasteiger partial charge on any atom is 0.408 e. The fourth-order valence-electron chi connectivity index (χ4n) is 3.42. The molecule has 0 radical (unpaired) electrons. The summed E-state index contributed by atoms with van der Waals surface area (Å²) in [6.45, 7) is 7.95. The van der Waals surface area contributed by atoms with Crippen molar-refractivity contribution < 1.29 is 43.1 Å². The van der Waals surface area contributed by atoms with Crippen molar-refractivity contribution in [3.63, 3.8) is 0 Å². The monoisotopic (exact) mass is 405 g/mol. The SMILES string of the molecule is COC(=O)C[C@@](CO)(NC(=O)OC(C)(C)C)[C@H]1O[C@@H]2OC(C)(C)O[C@@H]2[C@H]1OC. The fraction of sp³-hybridized carbons (Fsp3) is 0.889. The first kappa shape index (κ1) is 22.8. The number of ether oxygens (including phenoxy) is 6. The zero-order valence-corrected chi connectivity index (χ0v) is 17.4. The number of methoxy groups -OCH3 is 2. The van der Waals surface area contributed by atoms with Crippen molar-refractivity contribution in [2.45, 2.75) is 82.6 Å². The van der Waals surface area contributed by atoms with Gasteiger partial charge in [0.1, 0.15) is 29.5 Å². The zero-order chi connectivity index (χ0) is 21.3. The number of hydrogen-bond donors (Lipinski definition) is 2. The van der Waals surface area contributed by atoms with E-state index >= 15 is 0 Å². The van der Waals surface area contributed by atoms with E-state index in [4.69, 9.17) is 28.4 Å². The molecule has 2 heterocycles. The second-order valence-corrected chi connectivity index (χ2v) is 8.42. The molecule has 0 spiro atoms. The molecule has 2 N–H and O–H groups in total. The van der Waals surface area contributed by atoms with Crippen LogP contribution in [0, 0.1) is 0 Å². The molecule has 0 aromatic carbocycles. The molecule has 0 aromatic rings. The van der Waals surface area contributed by atoms with Crippen LogP contribution in [0.1, 0.15) is 41.0 Å². The van der Waals surface area contributed by atoms with Gasteiger partial charge in [-0.1, -0.05) is 0 Å². The van der Waals surface area contributed by atoms with Crippen LogP contribution >= 0.6 is 0 Å². The molecule has 2 saturated heterocycles. The molecule has 2 aliphatic rings. The number of aliphatic hydroxyl groups excluding tert-OH is 1. The summed E-state index contributed by atoms with van der Waals surface area (Å²) in [4.78, 5) is 24.5. The van der Waals surface area contributed by atoms with Crippen molar-refractivity contribution in [1.29, 1.82) is 0 Å². The van der Waals surface area contributed by atoms with Gasteiger partial charge in [-0.05, 0) is 34.6 Å². The van der Waals surface area contributed by atoms with E-state index in [0.717, 1.165) is 0 Å². The van der Waals surface area contributed by atoms with Crippen molar-refractivity contribution in [2.24, 2.45) is 0 Å². The lowest BCUT2D eigenvalue weighted by Crippen LogP contribution is -2.64. The van der Waals surface area contributed by atoms with Gasteiger partial charge < -0.3 is 38.8 Å². The van der Waals surface area contributed by atoms with Crippen LogP contribution in [-0.2, 0) is 33.2 Å². The summed E-state index contributed by atoms with van der Waals surface area (Å²) in [5.74, 6) is -1.53. The molecule has 0 aromatic heterocycles. The summed E-state index contributed by atoms with van der Waals surface area (Å²) in [5, 5.41) is 12.8. The predicted molar refractivity (Wildman–Crippen MR) is 95.3 cm³/mol. The molecule has 1 amide bonds. The lowest BCUT2D eigenvalue weighted by molar-refractivity contribution is -0.228. The molecule has 28 heavy (non-hydrogen) atoms. The van der Waals surface area contributed by atoms with E-state index in [0.29, 0.717) is 0 Å². The summed E-state index contributed by atoms with van der Waals surface area (Å²) >= 11 is 0. The van der Waals surface area contributed by atoms with Crippen molar-refractivity contribution in [1.82, 2.24) is 5.32 Å². The molecule has 0 aliphatic carbocycles. The molecule has 0 bridgehead atoms. The molecule has 2 aliphatic heterocycles. The van der Waals surface area contributed by atoms with Gasteiger partial charge in [0.2, 0.25) is 0 Å². The highest BCUT2D eigenvalue weighted by molar-refractivity contribution is 5.74. The van der Waals surface area contributed by atoms with Gasteiger partial charge in [-0.25, -0.2) is 4.79 Å². The van der Waals surface area contributed by atoms with E-state index in [2.05, 4.69) is 5.32 Å². The molecule has 0 saturated carbocycles. The average Bonchev–Trinajstić information content (AvgIpc) is 3.03. The third-order valence-electron chi connectivity index (χ3n) is 4.53. The topological polar surface area (TPSA) is 122 Å². The van der Waals surface area contributed by atoms with Gasteiger partial charge in [0, 0.05) is 7.11 Å². The first-order chi connectivity index (χ1) is 12.9. The second kappa shape index (κ2) is 8.11. The highest BCUT2D eigenvalue weighted by Gasteiger charge is 2.61. The van der Waals surface area contributed by atoms with Crippen molar-refractivity contribution in [2.75, 3.05) is 20.8 Å². The number of fused-ring (bicyclic) bond motifs is 1. The Kier molecular flexibility index (Phi) is 6.61. The Morgan fingerprint density at radius 1 is 1.18 bits per heavy atom. The molecule has 162 valence electrons. The lowest BCUT2D eigenvalue weighted by Gasteiger charge is -2.40. The van der Waals surface area contributed by atoms with Crippen LogP contribution in [0.15, 0.2) is 0 Å². The summed E-state index contributed by atoms with van der Waals surface area (Å²) in [5.41, 5.74) is -2.35. The minimum atomic E-state index is -1.57. The van der Waals surface area contributed by atoms with Gasteiger partial charge in [0.05, 0.1) is 20.1 Å². The van der Waals surface area contributed by atoms with Crippen LogP contribution in [0.5, 0.6) is 0 Å². The van der Waals surface area contributed by atoms with Crippen molar-refractivity contribution in [3.8, 4) is 0 Å². The maximum atomic E-state index is 12.4. The Morgan fingerprint density at radius 3 is 2.32 bits per heavy atom. The summed E-state index contributed by atoms with van der Waals surface area (Å²) < 4.78 is 33.1. The van der Waals surface area contributed by atoms with E-state index in [9.17, 15) is 14.7 Å². The maximum absolute atomic E-state index is 12.4. The molecule has 10 heteroatoms. The molecule has 2 rings (SSSR count). The minimum absolute atomic E-state index is 0.368. The Hall–Kier alpha value is -1.46. The third kappa shape index (κ3) is 4.93. The summed E-state index contributed by atoms with van der Waals surface area (Å²) in [6, 6.07) is 0. The Morgan fingerprint density at radius 2 is 1.82 bits per heavy atom. The zero-order valence-electron chi connectivity index (χ0n) is 17.4. The van der Waals surface area contributed by atoms with Crippen LogP contribution in [0.25, 0.3) is 0 Å². The second-order valence-electron chi connectivity index (χ2n) is 8.42. The number of carbonyl (C=O) groups is 2. The largest absolute Gasteiger partial charge is 0.469 e. The van der Waals surface area contributed by atoms with Crippen LogP contribution in [0.4, 0.5) is 4.79 Å². The molecular formula is C18H31NO9. The van der Waals surface area contributed by atoms with Gasteiger partial charge in [0.15, 0.2) is 12.1 Å². The van der Waals surface area contributed by atoms with E-state index in [1.54, 1.807) is 34.6 Å². The number of amides is 1. The van der Waals surface area contributed by atoms with E-state index in [1.165, 1.54) is 14.2 Å². The third-order valence-corrected chi connectivity index (χ3v) is 4.53. The normalized spacial score (nSPS) is 31.0. The molecular weight excluding hydrogens is 374 g/mol. The Balaban J connectivity index is 2.32. The number of nitrogens with one attached hydrogen (secondary N) is 1. The first-order valence-electron chi connectivity index (χ1n) is 9.09. The summed E-state index contributed by atoms with van der Waals surface area (Å²) in [6.07, 6.45) is -4.25. The molecule has 2 fully saturated rings. The highest BCUT2D eigenvalue weighted by Crippen LogP contribution is 2.42. The van der Waals surface area contributed by atoms with Gasteiger partial charge in [-0.2, -0.15) is 0 Å². The summed E-state index contributed by atoms with van der Waals surface area (Å²) in [7, 11) is 2.66. The smallest absolute Gasteiger partial charge is 0.408 e. The quantitative estimate of drug-likeness (QED) is 0.615. The van der Waals surface area contributed by atoms with Crippen LogP contribution in [-0.4, -0.2) is 79.5 Å². The number of carbonyl (C=O) groups excluding carboxylic acids is 2. The van der Waals surface area contributed by atoms with Gasteiger partial charge in [0.25, 0.3) is 0 Å². The van der Waals surface area contributed by atoms with Crippen LogP contribution in [0.2, 0.25) is 0 Å². The minimum Gasteiger partial charge on any atom is -0.469 e. The van der Waals surface area contributed by atoms with Crippen LogP contribution < -0.4 is 5.32 Å². The van der Waals surface area contributed by atoms with Crippen molar-refractivity contribution in [3.05, 3.63) is 0 Å². The molecule has 5 atom stereocenters. The van der Waals surface area contributed by atoms with Gasteiger partial charge >= 0.3 is 12.1 Å². The molecule has 0 unspecified atom stereocenters. The Bertz CT molecular complexity index is 588. The number of aliphatic hydroxyl groups is 1. The highest BCUT2D eigenvalue weighted by atomic mass is 16.8.